The lowest BCUT2D eigenvalue weighted by atomic mass is 10.1. The summed E-state index contributed by atoms with van der Waals surface area (Å²) in [5.74, 6) is -0.279. The van der Waals surface area contributed by atoms with Gasteiger partial charge in [0.2, 0.25) is 0 Å². The van der Waals surface area contributed by atoms with E-state index in [1.807, 2.05) is 6.07 Å². The number of hydrogen-bond acceptors (Lipinski definition) is 3. The number of carbonyl (C=O) groups excluding carboxylic acids is 1. The van der Waals surface area contributed by atoms with E-state index >= 15 is 0 Å². The molecule has 2 rings (SSSR count). The van der Waals surface area contributed by atoms with Gasteiger partial charge in [0.05, 0.1) is 10.5 Å². The first kappa shape index (κ1) is 15.9. The van der Waals surface area contributed by atoms with Crippen LogP contribution in [-0.4, -0.2) is 10.8 Å². The number of para-hydroxylation sites is 1. The molecule has 1 amide bonds. The van der Waals surface area contributed by atoms with Gasteiger partial charge in [-0.1, -0.05) is 18.2 Å². The number of carbonyl (C=O) groups is 1. The minimum Gasteiger partial charge on any atom is -0.348 e. The number of nitrogens with one attached hydrogen (secondary N) is 1. The Balaban J connectivity index is 2.15. The minimum absolute atomic E-state index is 0.000456. The fourth-order valence-electron chi connectivity index (χ4n) is 1.78. The Morgan fingerprint density at radius 2 is 2.00 bits per heavy atom. The van der Waals surface area contributed by atoms with Gasteiger partial charge in [-0.05, 0) is 56.7 Å². The molecule has 0 bridgehead atoms. The van der Waals surface area contributed by atoms with Gasteiger partial charge in [-0.3, -0.25) is 14.9 Å². The number of benzene rings is 2. The fourth-order valence-corrected chi connectivity index (χ4v) is 2.70. The number of nitro benzene ring substituents is 1. The molecule has 21 heavy (non-hydrogen) atoms. The average Bonchev–Trinajstić information content (AvgIpc) is 2.47. The highest BCUT2D eigenvalue weighted by Crippen LogP contribution is 2.20. The van der Waals surface area contributed by atoms with Crippen LogP contribution >= 0.6 is 38.5 Å². The molecule has 0 unspecified atom stereocenters. The SMILES string of the molecule is O=C(NCc1ccccc1[N+](=O)[O-])c1cc(I)ccc1Br. The van der Waals surface area contributed by atoms with Gasteiger partial charge in [0, 0.05) is 26.2 Å². The van der Waals surface area contributed by atoms with Crippen LogP contribution in [0.3, 0.4) is 0 Å². The molecule has 0 saturated heterocycles. The summed E-state index contributed by atoms with van der Waals surface area (Å²) < 4.78 is 1.62. The molecule has 0 radical (unpaired) electrons. The Labute approximate surface area is 143 Å². The first-order valence-electron chi connectivity index (χ1n) is 5.94. The van der Waals surface area contributed by atoms with E-state index in [2.05, 4.69) is 43.8 Å². The van der Waals surface area contributed by atoms with E-state index in [4.69, 9.17) is 0 Å². The summed E-state index contributed by atoms with van der Waals surface area (Å²) in [7, 11) is 0. The second kappa shape index (κ2) is 6.99. The molecular weight excluding hydrogens is 451 g/mol. The molecule has 0 aliphatic carbocycles. The standard InChI is InChI=1S/C14H10BrIN2O3/c15-12-6-5-10(16)7-11(12)14(19)17-8-9-3-1-2-4-13(9)18(20)21/h1-7H,8H2,(H,17,19). The predicted octanol–water partition coefficient (Wildman–Crippen LogP) is 3.89. The number of nitro groups is 1. The third-order valence-corrected chi connectivity index (χ3v) is 4.16. The summed E-state index contributed by atoms with van der Waals surface area (Å²) in [5, 5.41) is 13.6. The third-order valence-electron chi connectivity index (χ3n) is 2.80. The molecule has 1 N–H and O–H groups in total. The lowest BCUT2D eigenvalue weighted by Gasteiger charge is -2.08. The zero-order valence-electron chi connectivity index (χ0n) is 10.7. The quantitative estimate of drug-likeness (QED) is 0.427. The maximum atomic E-state index is 12.2. The molecule has 0 aliphatic heterocycles. The van der Waals surface area contributed by atoms with Gasteiger partial charge in [-0.15, -0.1) is 0 Å². The van der Waals surface area contributed by atoms with Crippen LogP contribution in [0.25, 0.3) is 0 Å². The molecular formula is C14H10BrIN2O3. The summed E-state index contributed by atoms with van der Waals surface area (Å²) in [4.78, 5) is 22.6. The lowest BCUT2D eigenvalue weighted by Crippen LogP contribution is -2.23. The summed E-state index contributed by atoms with van der Waals surface area (Å²) >= 11 is 5.44. The summed E-state index contributed by atoms with van der Waals surface area (Å²) in [6.45, 7) is 0.105. The van der Waals surface area contributed by atoms with E-state index in [9.17, 15) is 14.9 Å². The molecule has 0 aliphatic rings. The van der Waals surface area contributed by atoms with E-state index in [0.717, 1.165) is 3.57 Å². The van der Waals surface area contributed by atoms with Crippen molar-refractivity contribution in [2.75, 3.05) is 0 Å². The Kier molecular flexibility index (Phi) is 5.29. The highest BCUT2D eigenvalue weighted by atomic mass is 127. The summed E-state index contributed by atoms with van der Waals surface area (Å²) in [6.07, 6.45) is 0. The zero-order chi connectivity index (χ0) is 15.4. The van der Waals surface area contributed by atoms with Gasteiger partial charge >= 0.3 is 0 Å². The number of rotatable bonds is 4. The maximum Gasteiger partial charge on any atom is 0.274 e. The zero-order valence-corrected chi connectivity index (χ0v) is 14.4. The van der Waals surface area contributed by atoms with Crippen LogP contribution in [0.1, 0.15) is 15.9 Å². The van der Waals surface area contributed by atoms with Crippen molar-refractivity contribution in [3.63, 3.8) is 0 Å². The number of halogens is 2. The van der Waals surface area contributed by atoms with Crippen LogP contribution in [0.5, 0.6) is 0 Å². The van der Waals surface area contributed by atoms with Crippen LogP contribution in [0.4, 0.5) is 5.69 Å². The second-order valence-corrected chi connectivity index (χ2v) is 6.29. The van der Waals surface area contributed by atoms with Crippen LogP contribution in [-0.2, 0) is 6.54 Å². The smallest absolute Gasteiger partial charge is 0.274 e. The van der Waals surface area contributed by atoms with Crippen molar-refractivity contribution >= 4 is 50.1 Å². The third kappa shape index (κ3) is 4.01. The summed E-state index contributed by atoms with van der Waals surface area (Å²) in [6, 6.07) is 11.8. The summed E-state index contributed by atoms with van der Waals surface area (Å²) in [5.41, 5.74) is 0.970. The first-order valence-corrected chi connectivity index (χ1v) is 7.82. The van der Waals surface area contributed by atoms with Gasteiger partial charge < -0.3 is 5.32 Å². The van der Waals surface area contributed by atoms with E-state index in [1.165, 1.54) is 6.07 Å². The molecule has 2 aromatic carbocycles. The van der Waals surface area contributed by atoms with Gasteiger partial charge in [0.25, 0.3) is 11.6 Å². The van der Waals surface area contributed by atoms with E-state index in [0.29, 0.717) is 15.6 Å². The first-order chi connectivity index (χ1) is 9.99. The van der Waals surface area contributed by atoms with Crippen molar-refractivity contribution in [1.29, 1.82) is 0 Å². The average molecular weight is 461 g/mol. The maximum absolute atomic E-state index is 12.2. The minimum atomic E-state index is -0.455. The Bertz CT molecular complexity index is 706. The monoisotopic (exact) mass is 460 g/mol. The normalized spacial score (nSPS) is 10.2. The van der Waals surface area contributed by atoms with Crippen LogP contribution < -0.4 is 5.32 Å². The Hall–Kier alpha value is -1.48. The topological polar surface area (TPSA) is 72.2 Å². The van der Waals surface area contributed by atoms with Gasteiger partial charge in [-0.2, -0.15) is 0 Å². The van der Waals surface area contributed by atoms with Gasteiger partial charge in [0.1, 0.15) is 0 Å². The van der Waals surface area contributed by atoms with Crippen molar-refractivity contribution < 1.29 is 9.72 Å². The van der Waals surface area contributed by atoms with Crippen molar-refractivity contribution in [2.45, 2.75) is 6.54 Å². The molecule has 0 aromatic heterocycles. The van der Waals surface area contributed by atoms with Crippen LogP contribution in [0.15, 0.2) is 46.9 Å². The highest BCUT2D eigenvalue weighted by Gasteiger charge is 2.15. The van der Waals surface area contributed by atoms with Crippen molar-refractivity contribution in [1.82, 2.24) is 5.32 Å². The van der Waals surface area contributed by atoms with E-state index in [1.54, 1.807) is 30.3 Å². The molecule has 2 aromatic rings. The van der Waals surface area contributed by atoms with Crippen molar-refractivity contribution in [2.24, 2.45) is 0 Å². The fraction of sp³-hybridized carbons (Fsp3) is 0.0714. The molecule has 0 spiro atoms. The van der Waals surface area contributed by atoms with Crippen LogP contribution in [0.2, 0.25) is 0 Å². The highest BCUT2D eigenvalue weighted by molar-refractivity contribution is 14.1. The molecule has 108 valence electrons. The van der Waals surface area contributed by atoms with Gasteiger partial charge in [-0.25, -0.2) is 0 Å². The number of nitrogens with zero attached hydrogens (tertiary/aromatic N) is 1. The Morgan fingerprint density at radius 3 is 2.71 bits per heavy atom. The molecule has 0 heterocycles. The molecule has 0 saturated carbocycles. The second-order valence-electron chi connectivity index (χ2n) is 4.19. The number of hydrogen-bond donors (Lipinski definition) is 1. The molecule has 0 fully saturated rings. The van der Waals surface area contributed by atoms with E-state index in [-0.39, 0.29) is 18.1 Å². The molecule has 0 atom stereocenters. The molecule has 5 nitrogen and oxygen atoms in total. The van der Waals surface area contributed by atoms with Gasteiger partial charge in [0.15, 0.2) is 0 Å². The van der Waals surface area contributed by atoms with E-state index < -0.39 is 4.92 Å². The van der Waals surface area contributed by atoms with Crippen molar-refractivity contribution in [3.05, 3.63) is 71.7 Å². The Morgan fingerprint density at radius 1 is 1.29 bits per heavy atom. The largest absolute Gasteiger partial charge is 0.348 e. The lowest BCUT2D eigenvalue weighted by molar-refractivity contribution is -0.385. The predicted molar refractivity (Wildman–Crippen MR) is 91.1 cm³/mol. The molecule has 7 heteroatoms. The number of amides is 1. The van der Waals surface area contributed by atoms with Crippen molar-refractivity contribution in [3.8, 4) is 0 Å². The van der Waals surface area contributed by atoms with Crippen LogP contribution in [0, 0.1) is 13.7 Å².